The summed E-state index contributed by atoms with van der Waals surface area (Å²) in [7, 11) is -2.84. The number of nitrogens with zero attached hydrogens (tertiary/aromatic N) is 1. The minimum Gasteiger partial charge on any atom is -0.452 e. The van der Waals surface area contributed by atoms with Crippen molar-refractivity contribution in [3.8, 4) is 0 Å². The van der Waals surface area contributed by atoms with E-state index in [0.717, 1.165) is 17.8 Å². The Kier molecular flexibility index (Phi) is 7.02. The Morgan fingerprint density at radius 3 is 2.50 bits per heavy atom. The first-order valence-electron chi connectivity index (χ1n) is 4.94. The molecule has 0 heterocycles. The standard InChI is InChI=1S/C8H18N2O5S/c1-3-4-5-10(6-7-11)16(13,14)9-8(12)15-2/h11H,3-7H2,1-2H3,(H,9,12). The van der Waals surface area contributed by atoms with Gasteiger partial charge in [0.25, 0.3) is 0 Å². The average molecular weight is 254 g/mol. The molecule has 16 heavy (non-hydrogen) atoms. The molecule has 0 aliphatic carbocycles. The minimum absolute atomic E-state index is 0.0493. The number of carbonyl (C=O) groups excluding carboxylic acids is 1. The van der Waals surface area contributed by atoms with E-state index in [2.05, 4.69) is 4.74 Å². The highest BCUT2D eigenvalue weighted by molar-refractivity contribution is 7.87. The van der Waals surface area contributed by atoms with E-state index >= 15 is 0 Å². The number of unbranched alkanes of at least 4 members (excludes halogenated alkanes) is 1. The summed E-state index contributed by atoms with van der Waals surface area (Å²) < 4.78 is 30.1. The third kappa shape index (κ3) is 5.29. The lowest BCUT2D eigenvalue weighted by Crippen LogP contribution is -2.45. The van der Waals surface area contributed by atoms with Crippen molar-refractivity contribution in [1.29, 1.82) is 0 Å². The van der Waals surface area contributed by atoms with Gasteiger partial charge in [-0.2, -0.15) is 12.7 Å². The van der Waals surface area contributed by atoms with Crippen molar-refractivity contribution in [3.05, 3.63) is 0 Å². The van der Waals surface area contributed by atoms with Crippen LogP contribution in [0.2, 0.25) is 0 Å². The van der Waals surface area contributed by atoms with Gasteiger partial charge in [-0.25, -0.2) is 9.52 Å². The number of carbonyl (C=O) groups is 1. The average Bonchev–Trinajstić information content (AvgIpc) is 2.23. The van der Waals surface area contributed by atoms with Crippen LogP contribution in [0.15, 0.2) is 0 Å². The van der Waals surface area contributed by atoms with Gasteiger partial charge in [0.1, 0.15) is 0 Å². The Labute approximate surface area is 95.6 Å². The van der Waals surface area contributed by atoms with Crippen molar-refractivity contribution in [3.63, 3.8) is 0 Å². The fourth-order valence-corrected chi connectivity index (χ4v) is 2.12. The molecule has 0 fully saturated rings. The SMILES string of the molecule is CCCCN(CCO)S(=O)(=O)NC(=O)OC. The molecule has 0 saturated carbocycles. The summed E-state index contributed by atoms with van der Waals surface area (Å²) >= 11 is 0. The van der Waals surface area contributed by atoms with E-state index in [1.807, 2.05) is 6.92 Å². The number of hydrogen-bond acceptors (Lipinski definition) is 5. The quantitative estimate of drug-likeness (QED) is 0.649. The molecule has 0 aliphatic heterocycles. The van der Waals surface area contributed by atoms with Crippen molar-refractivity contribution < 1.29 is 23.1 Å². The summed E-state index contributed by atoms with van der Waals surface area (Å²) in [6.07, 6.45) is 0.428. The number of aliphatic hydroxyl groups excluding tert-OH is 1. The molecule has 96 valence electrons. The molecule has 0 aromatic heterocycles. The highest BCUT2D eigenvalue weighted by atomic mass is 32.2. The summed E-state index contributed by atoms with van der Waals surface area (Å²) in [5.41, 5.74) is 0. The van der Waals surface area contributed by atoms with Crippen LogP contribution in [0.3, 0.4) is 0 Å². The molecule has 1 amide bonds. The highest BCUT2D eigenvalue weighted by Gasteiger charge is 2.23. The van der Waals surface area contributed by atoms with Gasteiger partial charge in [0, 0.05) is 13.1 Å². The Morgan fingerprint density at radius 2 is 2.06 bits per heavy atom. The molecule has 0 atom stereocenters. The second-order valence-electron chi connectivity index (χ2n) is 3.07. The molecule has 0 aromatic carbocycles. The second kappa shape index (κ2) is 7.42. The van der Waals surface area contributed by atoms with Crippen molar-refractivity contribution in [2.75, 3.05) is 26.8 Å². The van der Waals surface area contributed by atoms with Crippen LogP contribution >= 0.6 is 0 Å². The van der Waals surface area contributed by atoms with Gasteiger partial charge in [-0.15, -0.1) is 0 Å². The van der Waals surface area contributed by atoms with Crippen LogP contribution in [0.5, 0.6) is 0 Å². The lowest BCUT2D eigenvalue weighted by molar-refractivity contribution is 0.176. The number of nitrogens with one attached hydrogen (secondary N) is 1. The van der Waals surface area contributed by atoms with Crippen LogP contribution in [0.1, 0.15) is 19.8 Å². The molecule has 2 N–H and O–H groups in total. The number of amides is 1. The van der Waals surface area contributed by atoms with Gasteiger partial charge in [0.05, 0.1) is 13.7 Å². The maximum atomic E-state index is 11.6. The Hall–Kier alpha value is -0.860. The van der Waals surface area contributed by atoms with Crippen LogP contribution in [0.25, 0.3) is 0 Å². The van der Waals surface area contributed by atoms with Crippen LogP contribution in [-0.4, -0.2) is 50.7 Å². The van der Waals surface area contributed by atoms with E-state index in [1.165, 1.54) is 0 Å². The third-order valence-electron chi connectivity index (χ3n) is 1.85. The van der Waals surface area contributed by atoms with Gasteiger partial charge in [0.2, 0.25) is 0 Å². The first-order valence-corrected chi connectivity index (χ1v) is 6.38. The van der Waals surface area contributed by atoms with E-state index in [-0.39, 0.29) is 19.7 Å². The Morgan fingerprint density at radius 1 is 1.44 bits per heavy atom. The lowest BCUT2D eigenvalue weighted by Gasteiger charge is -2.20. The van der Waals surface area contributed by atoms with E-state index in [9.17, 15) is 13.2 Å². The van der Waals surface area contributed by atoms with Crippen LogP contribution in [0.4, 0.5) is 4.79 Å². The molecule has 0 aliphatic rings. The van der Waals surface area contributed by atoms with Crippen LogP contribution in [-0.2, 0) is 14.9 Å². The minimum atomic E-state index is -3.92. The number of ether oxygens (including phenoxy) is 1. The molecule has 0 radical (unpaired) electrons. The molecule has 0 unspecified atom stereocenters. The van der Waals surface area contributed by atoms with Gasteiger partial charge in [0.15, 0.2) is 0 Å². The molecule has 0 rings (SSSR count). The summed E-state index contributed by atoms with van der Waals surface area (Å²) in [6, 6.07) is 0. The zero-order chi connectivity index (χ0) is 12.6. The summed E-state index contributed by atoms with van der Waals surface area (Å²) in [5, 5.41) is 8.74. The lowest BCUT2D eigenvalue weighted by atomic mass is 10.3. The van der Waals surface area contributed by atoms with Crippen molar-refractivity contribution >= 4 is 16.3 Å². The monoisotopic (exact) mass is 254 g/mol. The molecule has 8 heteroatoms. The van der Waals surface area contributed by atoms with E-state index in [4.69, 9.17) is 5.11 Å². The van der Waals surface area contributed by atoms with E-state index in [0.29, 0.717) is 6.42 Å². The normalized spacial score (nSPS) is 11.5. The number of methoxy groups -OCH3 is 1. The number of aliphatic hydroxyl groups is 1. The molecular formula is C8H18N2O5S. The largest absolute Gasteiger partial charge is 0.452 e. The maximum absolute atomic E-state index is 11.6. The maximum Gasteiger partial charge on any atom is 0.421 e. The summed E-state index contributed by atoms with van der Waals surface area (Å²) in [4.78, 5) is 10.8. The second-order valence-corrected chi connectivity index (χ2v) is 4.75. The van der Waals surface area contributed by atoms with Gasteiger partial charge >= 0.3 is 16.3 Å². The summed E-state index contributed by atoms with van der Waals surface area (Å²) in [6.45, 7) is 1.82. The number of hydrogen-bond donors (Lipinski definition) is 2. The fourth-order valence-electron chi connectivity index (χ4n) is 1.01. The van der Waals surface area contributed by atoms with E-state index < -0.39 is 16.3 Å². The van der Waals surface area contributed by atoms with Crippen molar-refractivity contribution in [1.82, 2.24) is 9.03 Å². The first kappa shape index (κ1) is 15.1. The topological polar surface area (TPSA) is 95.9 Å². The molecular weight excluding hydrogens is 236 g/mol. The van der Waals surface area contributed by atoms with E-state index in [1.54, 1.807) is 4.72 Å². The molecule has 0 aromatic rings. The third-order valence-corrected chi connectivity index (χ3v) is 3.32. The Balaban J connectivity index is 4.55. The van der Waals surface area contributed by atoms with Crippen molar-refractivity contribution in [2.45, 2.75) is 19.8 Å². The fraction of sp³-hybridized carbons (Fsp3) is 0.875. The summed E-state index contributed by atoms with van der Waals surface area (Å²) in [5.74, 6) is 0. The van der Waals surface area contributed by atoms with Crippen molar-refractivity contribution in [2.24, 2.45) is 0 Å². The molecule has 0 bridgehead atoms. The Bertz CT molecular complexity index is 304. The molecule has 0 saturated heterocycles. The zero-order valence-corrected chi connectivity index (χ0v) is 10.3. The van der Waals surface area contributed by atoms with Gasteiger partial charge in [-0.1, -0.05) is 13.3 Å². The smallest absolute Gasteiger partial charge is 0.421 e. The molecule has 7 nitrogen and oxygen atoms in total. The molecule has 0 spiro atoms. The van der Waals surface area contributed by atoms with Crippen LogP contribution < -0.4 is 4.72 Å². The van der Waals surface area contributed by atoms with Gasteiger partial charge < -0.3 is 9.84 Å². The highest BCUT2D eigenvalue weighted by Crippen LogP contribution is 2.01. The van der Waals surface area contributed by atoms with Gasteiger partial charge in [-0.05, 0) is 6.42 Å². The van der Waals surface area contributed by atoms with Gasteiger partial charge in [-0.3, -0.25) is 0 Å². The number of rotatable bonds is 7. The predicted octanol–water partition coefficient (Wildman–Crippen LogP) is -0.318. The predicted molar refractivity (Wildman–Crippen MR) is 58.0 cm³/mol. The van der Waals surface area contributed by atoms with Crippen LogP contribution in [0, 0.1) is 0 Å². The first-order chi connectivity index (χ1) is 7.47. The zero-order valence-electron chi connectivity index (χ0n) is 9.47.